The Hall–Kier alpha value is -2.76. The van der Waals surface area contributed by atoms with Gasteiger partial charge in [0.05, 0.1) is 5.56 Å². The molecule has 0 bridgehead atoms. The maximum Gasteiger partial charge on any atom is 0.257 e. The maximum atomic E-state index is 12.4. The van der Waals surface area contributed by atoms with Crippen molar-refractivity contribution < 1.29 is 14.3 Å². The summed E-state index contributed by atoms with van der Waals surface area (Å²) in [4.78, 5) is 18.6. The summed E-state index contributed by atoms with van der Waals surface area (Å²) in [5.74, 6) is 1.56. The summed E-state index contributed by atoms with van der Waals surface area (Å²) in [6.45, 7) is 0. The smallest absolute Gasteiger partial charge is 0.257 e. The first-order chi connectivity index (χ1) is 12.0. The summed E-state index contributed by atoms with van der Waals surface area (Å²) < 4.78 is 12.0. The second-order valence-electron chi connectivity index (χ2n) is 6.74. The van der Waals surface area contributed by atoms with Crippen molar-refractivity contribution in [2.45, 2.75) is 31.5 Å². The van der Waals surface area contributed by atoms with E-state index in [0.29, 0.717) is 17.0 Å². The third kappa shape index (κ3) is 2.99. The highest BCUT2D eigenvalue weighted by Gasteiger charge is 2.44. The van der Waals surface area contributed by atoms with Crippen LogP contribution in [-0.2, 0) is 0 Å². The van der Waals surface area contributed by atoms with Gasteiger partial charge in [0.2, 0.25) is 0 Å². The van der Waals surface area contributed by atoms with Gasteiger partial charge in [0.15, 0.2) is 11.5 Å². The van der Waals surface area contributed by atoms with Crippen LogP contribution in [0.25, 0.3) is 0 Å². The summed E-state index contributed by atoms with van der Waals surface area (Å²) in [6, 6.07) is 9.08. The molecular weight excluding hydrogens is 318 g/mol. The zero-order valence-corrected chi connectivity index (χ0v) is 14.4. The molecular formula is C19H21N3O3. The lowest BCUT2D eigenvalue weighted by Crippen LogP contribution is -2.34. The molecule has 1 aromatic carbocycles. The molecule has 0 saturated heterocycles. The van der Waals surface area contributed by atoms with Crippen LogP contribution in [0.4, 0.5) is 11.5 Å². The molecule has 6 heteroatoms. The molecule has 0 unspecified atom stereocenters. The Morgan fingerprint density at radius 1 is 1.12 bits per heavy atom. The van der Waals surface area contributed by atoms with Crippen molar-refractivity contribution >= 4 is 17.4 Å². The van der Waals surface area contributed by atoms with Gasteiger partial charge in [-0.2, -0.15) is 0 Å². The number of benzene rings is 1. The number of hydrogen-bond donors (Lipinski definition) is 1. The standard InChI is InChI=1S/C19H21N3O3/c1-22(2)17-8-5-13(12-20-17)18(23)21-14-6-7-15-16(11-14)25-19(24-15)9-3-4-10-19/h5-8,11-12H,3-4,9-10H2,1-2H3,(H,21,23). The molecule has 2 aliphatic rings. The first-order valence-corrected chi connectivity index (χ1v) is 8.51. The molecule has 1 N–H and O–H groups in total. The van der Waals surface area contributed by atoms with Crippen LogP contribution in [0.15, 0.2) is 36.5 Å². The monoisotopic (exact) mass is 339 g/mol. The van der Waals surface area contributed by atoms with Gasteiger partial charge in [0, 0.05) is 44.9 Å². The normalized spacial score (nSPS) is 16.9. The summed E-state index contributed by atoms with van der Waals surface area (Å²) in [5.41, 5.74) is 1.19. The molecule has 1 spiro atoms. The van der Waals surface area contributed by atoms with Crippen molar-refractivity contribution in [1.29, 1.82) is 0 Å². The predicted molar refractivity (Wildman–Crippen MR) is 95.4 cm³/mol. The Morgan fingerprint density at radius 2 is 1.88 bits per heavy atom. The van der Waals surface area contributed by atoms with Crippen molar-refractivity contribution in [3.8, 4) is 11.5 Å². The molecule has 2 heterocycles. The third-order valence-electron chi connectivity index (χ3n) is 4.63. The molecule has 1 fully saturated rings. The van der Waals surface area contributed by atoms with Crippen LogP contribution in [0.2, 0.25) is 0 Å². The fourth-order valence-electron chi connectivity index (χ4n) is 3.28. The number of fused-ring (bicyclic) bond motifs is 1. The summed E-state index contributed by atoms with van der Waals surface area (Å²) in [6.07, 6.45) is 5.63. The molecule has 2 aromatic rings. The van der Waals surface area contributed by atoms with Gasteiger partial charge < -0.3 is 19.7 Å². The first-order valence-electron chi connectivity index (χ1n) is 8.51. The number of rotatable bonds is 3. The molecule has 0 radical (unpaired) electrons. The minimum absolute atomic E-state index is 0.202. The molecule has 0 atom stereocenters. The van der Waals surface area contributed by atoms with Crippen LogP contribution in [0.1, 0.15) is 36.0 Å². The lowest BCUT2D eigenvalue weighted by Gasteiger charge is -2.21. The molecule has 6 nitrogen and oxygen atoms in total. The molecule has 25 heavy (non-hydrogen) atoms. The van der Waals surface area contributed by atoms with E-state index >= 15 is 0 Å². The van der Waals surface area contributed by atoms with Gasteiger partial charge in [-0.15, -0.1) is 0 Å². The largest absolute Gasteiger partial charge is 0.448 e. The van der Waals surface area contributed by atoms with Crippen LogP contribution in [0.5, 0.6) is 11.5 Å². The molecule has 130 valence electrons. The van der Waals surface area contributed by atoms with Crippen LogP contribution in [-0.4, -0.2) is 30.8 Å². The van der Waals surface area contributed by atoms with E-state index in [1.165, 1.54) is 0 Å². The summed E-state index contributed by atoms with van der Waals surface area (Å²) in [7, 11) is 3.82. The highest BCUT2D eigenvalue weighted by atomic mass is 16.7. The molecule has 1 saturated carbocycles. The van der Waals surface area contributed by atoms with Gasteiger partial charge in [0.25, 0.3) is 11.7 Å². The Kier molecular flexibility index (Phi) is 3.75. The average Bonchev–Trinajstić information content (AvgIpc) is 3.20. The average molecular weight is 339 g/mol. The van der Waals surface area contributed by atoms with Crippen LogP contribution >= 0.6 is 0 Å². The Labute approximate surface area is 146 Å². The second kappa shape index (κ2) is 5.95. The molecule has 1 aliphatic carbocycles. The van der Waals surface area contributed by atoms with E-state index in [4.69, 9.17) is 9.47 Å². The lowest BCUT2D eigenvalue weighted by molar-refractivity contribution is -0.0716. The highest BCUT2D eigenvalue weighted by Crippen LogP contribution is 2.47. The summed E-state index contributed by atoms with van der Waals surface area (Å²) in [5, 5.41) is 2.89. The van der Waals surface area contributed by atoms with Crippen LogP contribution in [0.3, 0.4) is 0 Å². The zero-order chi connectivity index (χ0) is 17.4. The molecule has 1 amide bonds. The third-order valence-corrected chi connectivity index (χ3v) is 4.63. The van der Waals surface area contributed by atoms with Crippen molar-refractivity contribution in [2.75, 3.05) is 24.3 Å². The lowest BCUT2D eigenvalue weighted by atomic mass is 10.2. The van der Waals surface area contributed by atoms with Crippen molar-refractivity contribution in [3.63, 3.8) is 0 Å². The van der Waals surface area contributed by atoms with E-state index in [1.54, 1.807) is 12.3 Å². The number of nitrogens with one attached hydrogen (secondary N) is 1. The van der Waals surface area contributed by atoms with E-state index in [2.05, 4.69) is 10.3 Å². The van der Waals surface area contributed by atoms with E-state index in [0.717, 1.165) is 37.3 Å². The predicted octanol–water partition coefficient (Wildman–Crippen LogP) is 3.44. The van der Waals surface area contributed by atoms with E-state index in [9.17, 15) is 4.79 Å². The second-order valence-corrected chi connectivity index (χ2v) is 6.74. The van der Waals surface area contributed by atoms with Gasteiger partial charge in [-0.1, -0.05) is 0 Å². The first kappa shape index (κ1) is 15.7. The number of carbonyl (C=O) groups excluding carboxylic acids is 1. The molecule has 1 aromatic heterocycles. The number of hydrogen-bond acceptors (Lipinski definition) is 5. The molecule has 4 rings (SSSR count). The Morgan fingerprint density at radius 3 is 2.56 bits per heavy atom. The minimum Gasteiger partial charge on any atom is -0.448 e. The summed E-state index contributed by atoms with van der Waals surface area (Å²) >= 11 is 0. The highest BCUT2D eigenvalue weighted by molar-refractivity contribution is 6.04. The van der Waals surface area contributed by atoms with Crippen LogP contribution in [0, 0.1) is 0 Å². The van der Waals surface area contributed by atoms with Gasteiger partial charge in [-0.25, -0.2) is 4.98 Å². The van der Waals surface area contributed by atoms with Crippen molar-refractivity contribution in [2.24, 2.45) is 0 Å². The van der Waals surface area contributed by atoms with E-state index in [1.807, 2.05) is 43.3 Å². The number of carbonyl (C=O) groups is 1. The maximum absolute atomic E-state index is 12.4. The number of nitrogens with zero attached hydrogens (tertiary/aromatic N) is 2. The van der Waals surface area contributed by atoms with Crippen molar-refractivity contribution in [3.05, 3.63) is 42.1 Å². The minimum atomic E-state index is -0.489. The topological polar surface area (TPSA) is 63.7 Å². The number of pyridine rings is 1. The fraction of sp³-hybridized carbons (Fsp3) is 0.368. The Bertz CT molecular complexity index is 796. The molecule has 1 aliphatic heterocycles. The van der Waals surface area contributed by atoms with Gasteiger partial charge in [-0.3, -0.25) is 4.79 Å². The number of ether oxygens (including phenoxy) is 2. The van der Waals surface area contributed by atoms with E-state index in [-0.39, 0.29) is 5.91 Å². The Balaban J connectivity index is 1.48. The number of amides is 1. The van der Waals surface area contributed by atoms with Gasteiger partial charge in [0.1, 0.15) is 5.82 Å². The van der Waals surface area contributed by atoms with Gasteiger partial charge >= 0.3 is 0 Å². The quantitative estimate of drug-likeness (QED) is 0.928. The van der Waals surface area contributed by atoms with Crippen molar-refractivity contribution in [1.82, 2.24) is 4.98 Å². The van der Waals surface area contributed by atoms with Gasteiger partial charge in [-0.05, 0) is 37.1 Å². The SMILES string of the molecule is CN(C)c1ccc(C(=O)Nc2ccc3c(c2)OC2(CCCC2)O3)cn1. The van der Waals surface area contributed by atoms with E-state index < -0.39 is 5.79 Å². The zero-order valence-electron chi connectivity index (χ0n) is 14.4. The van der Waals surface area contributed by atoms with Crippen LogP contribution < -0.4 is 19.7 Å². The fourth-order valence-corrected chi connectivity index (χ4v) is 3.28. The number of aromatic nitrogens is 1. The number of anilines is 2.